The third-order valence-corrected chi connectivity index (χ3v) is 5.93. The highest BCUT2D eigenvalue weighted by Crippen LogP contribution is 2.35. The zero-order valence-corrected chi connectivity index (χ0v) is 21.8. The van der Waals surface area contributed by atoms with Crippen molar-refractivity contribution in [1.29, 1.82) is 0 Å². The van der Waals surface area contributed by atoms with Gasteiger partial charge in [-0.2, -0.15) is 0 Å². The molecule has 0 aliphatic carbocycles. The van der Waals surface area contributed by atoms with Crippen LogP contribution in [0.15, 0.2) is 54.6 Å². The van der Waals surface area contributed by atoms with Gasteiger partial charge in [0.15, 0.2) is 16.6 Å². The lowest BCUT2D eigenvalue weighted by molar-refractivity contribution is 0.341. The molecule has 0 fully saturated rings. The Morgan fingerprint density at radius 3 is 1.94 bits per heavy atom. The smallest absolute Gasteiger partial charge is 0.174 e. The second-order valence-electron chi connectivity index (χ2n) is 7.86. The van der Waals surface area contributed by atoms with Crippen molar-refractivity contribution in [1.82, 2.24) is 4.90 Å². The van der Waals surface area contributed by atoms with Crippen LogP contribution in [0.3, 0.4) is 0 Å². The Hall–Kier alpha value is -3.65. The molecule has 0 saturated heterocycles. The standard InChI is InChI=1S/C27H32N2O5S/c1-18-7-12-22(24(13-18)32-4)28-27(35)29(16-19-8-10-21(30-2)11-9-19)17-20-14-25(33-5)26(34-6)15-23(20)31-3/h7-15H,16-17H2,1-6H3,(H,28,35). The SMILES string of the molecule is COc1ccc(CN(Cc2cc(OC)c(OC)cc2OC)C(=S)Nc2ccc(C)cc2OC)cc1. The molecule has 3 aromatic carbocycles. The molecule has 3 rings (SSSR count). The van der Waals surface area contributed by atoms with Gasteiger partial charge >= 0.3 is 0 Å². The number of ether oxygens (including phenoxy) is 5. The predicted molar refractivity (Wildman–Crippen MR) is 142 cm³/mol. The van der Waals surface area contributed by atoms with Gasteiger partial charge in [-0.25, -0.2) is 0 Å². The Morgan fingerprint density at radius 2 is 1.34 bits per heavy atom. The number of nitrogens with zero attached hydrogens (tertiary/aromatic N) is 1. The molecule has 0 aliphatic rings. The molecule has 0 saturated carbocycles. The van der Waals surface area contributed by atoms with Crippen molar-refractivity contribution in [2.24, 2.45) is 0 Å². The van der Waals surface area contributed by atoms with E-state index in [9.17, 15) is 0 Å². The topological polar surface area (TPSA) is 61.4 Å². The van der Waals surface area contributed by atoms with E-state index in [0.717, 1.165) is 33.9 Å². The minimum absolute atomic E-state index is 0.468. The van der Waals surface area contributed by atoms with Crippen LogP contribution >= 0.6 is 12.2 Å². The molecular weight excluding hydrogens is 464 g/mol. The summed E-state index contributed by atoms with van der Waals surface area (Å²) in [6, 6.07) is 17.6. The van der Waals surface area contributed by atoms with Gasteiger partial charge in [-0.3, -0.25) is 0 Å². The van der Waals surface area contributed by atoms with Crippen molar-refractivity contribution in [3.05, 3.63) is 71.3 Å². The highest BCUT2D eigenvalue weighted by molar-refractivity contribution is 7.80. The summed E-state index contributed by atoms with van der Waals surface area (Å²) in [5.41, 5.74) is 3.87. The number of methoxy groups -OCH3 is 5. The number of benzene rings is 3. The van der Waals surface area contributed by atoms with E-state index < -0.39 is 0 Å². The Bertz CT molecular complexity index is 1150. The Labute approximate surface area is 212 Å². The fourth-order valence-electron chi connectivity index (χ4n) is 3.67. The fraction of sp³-hybridized carbons (Fsp3) is 0.296. The van der Waals surface area contributed by atoms with Gasteiger partial charge in [0.2, 0.25) is 0 Å². The van der Waals surface area contributed by atoms with E-state index in [2.05, 4.69) is 10.2 Å². The minimum atomic E-state index is 0.468. The van der Waals surface area contributed by atoms with Crippen molar-refractivity contribution < 1.29 is 23.7 Å². The summed E-state index contributed by atoms with van der Waals surface area (Å²) >= 11 is 5.87. The van der Waals surface area contributed by atoms with E-state index in [1.54, 1.807) is 35.5 Å². The lowest BCUT2D eigenvalue weighted by atomic mass is 10.1. The van der Waals surface area contributed by atoms with E-state index in [0.29, 0.717) is 35.5 Å². The summed E-state index contributed by atoms with van der Waals surface area (Å²) in [4.78, 5) is 2.06. The van der Waals surface area contributed by atoms with Crippen LogP contribution in [-0.2, 0) is 13.1 Å². The van der Waals surface area contributed by atoms with Crippen LogP contribution < -0.4 is 29.0 Å². The quantitative estimate of drug-likeness (QED) is 0.373. The molecule has 0 atom stereocenters. The van der Waals surface area contributed by atoms with Crippen LogP contribution in [0.4, 0.5) is 5.69 Å². The molecule has 0 bridgehead atoms. The average Bonchev–Trinajstić information content (AvgIpc) is 2.89. The summed E-state index contributed by atoms with van der Waals surface area (Å²) in [5.74, 6) is 3.41. The van der Waals surface area contributed by atoms with Crippen LogP contribution in [0.5, 0.6) is 28.7 Å². The third kappa shape index (κ3) is 6.48. The van der Waals surface area contributed by atoms with Crippen molar-refractivity contribution in [2.45, 2.75) is 20.0 Å². The lowest BCUT2D eigenvalue weighted by Crippen LogP contribution is -2.34. The average molecular weight is 497 g/mol. The van der Waals surface area contributed by atoms with Crippen LogP contribution in [0, 0.1) is 6.92 Å². The Balaban J connectivity index is 1.95. The molecule has 0 unspecified atom stereocenters. The summed E-state index contributed by atoms with van der Waals surface area (Å²) < 4.78 is 27.5. The number of anilines is 1. The zero-order chi connectivity index (χ0) is 25.4. The lowest BCUT2D eigenvalue weighted by Gasteiger charge is -2.28. The maximum atomic E-state index is 5.87. The van der Waals surface area contributed by atoms with Gasteiger partial charge in [0.05, 0.1) is 41.2 Å². The second-order valence-corrected chi connectivity index (χ2v) is 8.24. The number of hydrogen-bond acceptors (Lipinski definition) is 6. The number of aryl methyl sites for hydroxylation is 1. The van der Waals surface area contributed by atoms with Gasteiger partial charge in [0, 0.05) is 24.7 Å². The molecule has 7 nitrogen and oxygen atoms in total. The van der Waals surface area contributed by atoms with Crippen LogP contribution in [0.1, 0.15) is 16.7 Å². The molecule has 0 radical (unpaired) electrons. The fourth-order valence-corrected chi connectivity index (χ4v) is 3.91. The summed E-state index contributed by atoms with van der Waals surface area (Å²) in [5, 5.41) is 3.89. The van der Waals surface area contributed by atoms with E-state index >= 15 is 0 Å². The van der Waals surface area contributed by atoms with E-state index in [1.807, 2.05) is 61.5 Å². The molecular formula is C27H32N2O5S. The Kier molecular flexibility index (Phi) is 9.03. The second kappa shape index (κ2) is 12.2. The molecule has 35 heavy (non-hydrogen) atoms. The van der Waals surface area contributed by atoms with Crippen molar-refractivity contribution in [3.8, 4) is 28.7 Å². The van der Waals surface area contributed by atoms with Gasteiger partial charge in [-0.05, 0) is 60.6 Å². The largest absolute Gasteiger partial charge is 0.497 e. The van der Waals surface area contributed by atoms with Crippen molar-refractivity contribution in [2.75, 3.05) is 40.9 Å². The molecule has 3 aromatic rings. The maximum absolute atomic E-state index is 5.87. The first kappa shape index (κ1) is 26.0. The molecule has 0 amide bonds. The molecule has 0 aliphatic heterocycles. The molecule has 0 heterocycles. The van der Waals surface area contributed by atoms with Crippen LogP contribution in [0.25, 0.3) is 0 Å². The van der Waals surface area contributed by atoms with E-state index in [4.69, 9.17) is 35.9 Å². The highest BCUT2D eigenvalue weighted by Gasteiger charge is 2.19. The Morgan fingerprint density at radius 1 is 0.714 bits per heavy atom. The van der Waals surface area contributed by atoms with Crippen molar-refractivity contribution >= 4 is 23.0 Å². The monoisotopic (exact) mass is 496 g/mol. The van der Waals surface area contributed by atoms with Gasteiger partial charge in [-0.1, -0.05) is 18.2 Å². The number of hydrogen-bond donors (Lipinski definition) is 1. The van der Waals surface area contributed by atoms with Gasteiger partial charge in [0.25, 0.3) is 0 Å². The predicted octanol–water partition coefficient (Wildman–Crippen LogP) is 5.44. The summed E-state index contributed by atoms with van der Waals surface area (Å²) in [7, 11) is 8.14. The molecule has 8 heteroatoms. The number of nitrogens with one attached hydrogen (secondary N) is 1. The molecule has 0 aromatic heterocycles. The molecule has 186 valence electrons. The first-order chi connectivity index (χ1) is 16.9. The number of rotatable bonds is 10. The molecule has 0 spiro atoms. The van der Waals surface area contributed by atoms with Gasteiger partial charge in [0.1, 0.15) is 17.2 Å². The first-order valence-electron chi connectivity index (χ1n) is 11.0. The van der Waals surface area contributed by atoms with E-state index in [1.165, 1.54) is 0 Å². The van der Waals surface area contributed by atoms with Gasteiger partial charge < -0.3 is 33.9 Å². The van der Waals surface area contributed by atoms with E-state index in [-0.39, 0.29) is 0 Å². The van der Waals surface area contributed by atoms with Gasteiger partial charge in [-0.15, -0.1) is 0 Å². The first-order valence-corrected chi connectivity index (χ1v) is 11.5. The third-order valence-electron chi connectivity index (χ3n) is 5.57. The van der Waals surface area contributed by atoms with Crippen LogP contribution in [0.2, 0.25) is 0 Å². The normalized spacial score (nSPS) is 10.3. The maximum Gasteiger partial charge on any atom is 0.174 e. The zero-order valence-electron chi connectivity index (χ0n) is 21.0. The summed E-state index contributed by atoms with van der Waals surface area (Å²) in [6.07, 6.45) is 0. The minimum Gasteiger partial charge on any atom is -0.497 e. The van der Waals surface area contributed by atoms with Crippen molar-refractivity contribution in [3.63, 3.8) is 0 Å². The number of thiocarbonyl (C=S) groups is 1. The molecule has 1 N–H and O–H groups in total. The highest BCUT2D eigenvalue weighted by atomic mass is 32.1. The van der Waals surface area contributed by atoms with Crippen LogP contribution in [-0.4, -0.2) is 45.6 Å². The summed E-state index contributed by atoms with van der Waals surface area (Å²) in [6.45, 7) is 3.04.